The molecule has 1 nitrogen and oxygen atoms in total. The molecule has 0 aliphatic rings. The van der Waals surface area contributed by atoms with Gasteiger partial charge in [-0.25, -0.2) is 0 Å². The predicted octanol–water partition coefficient (Wildman–Crippen LogP) is 4.87. The second kappa shape index (κ2) is 6.96. The Kier molecular flexibility index (Phi) is 5.27. The van der Waals surface area contributed by atoms with Crippen LogP contribution in [0.3, 0.4) is 0 Å². The zero-order chi connectivity index (χ0) is 14.5. The molecular formula is C18H23NS. The molecule has 0 radical (unpaired) electrons. The van der Waals surface area contributed by atoms with Crippen LogP contribution in [0.15, 0.2) is 46.2 Å². The van der Waals surface area contributed by atoms with Gasteiger partial charge in [0, 0.05) is 16.3 Å². The van der Waals surface area contributed by atoms with Crippen LogP contribution in [0, 0.1) is 20.8 Å². The number of aryl methyl sites for hydroxylation is 3. The van der Waals surface area contributed by atoms with Crippen molar-refractivity contribution >= 4 is 11.8 Å². The Balaban J connectivity index is 2.19. The highest BCUT2D eigenvalue weighted by Gasteiger charge is 2.05. The molecule has 0 saturated heterocycles. The van der Waals surface area contributed by atoms with E-state index in [1.54, 1.807) is 0 Å². The van der Waals surface area contributed by atoms with E-state index in [0.29, 0.717) is 0 Å². The maximum Gasteiger partial charge on any atom is 0.0205 e. The summed E-state index contributed by atoms with van der Waals surface area (Å²) < 4.78 is 0. The van der Waals surface area contributed by atoms with Crippen molar-refractivity contribution < 1.29 is 0 Å². The topological polar surface area (TPSA) is 12.0 Å². The van der Waals surface area contributed by atoms with Crippen molar-refractivity contribution in [1.82, 2.24) is 5.32 Å². The molecule has 0 aromatic heterocycles. The number of nitrogens with one attached hydrogen (secondary N) is 1. The monoisotopic (exact) mass is 285 g/mol. The van der Waals surface area contributed by atoms with E-state index in [-0.39, 0.29) is 0 Å². The van der Waals surface area contributed by atoms with Gasteiger partial charge in [-0.05, 0) is 61.7 Å². The van der Waals surface area contributed by atoms with E-state index in [9.17, 15) is 0 Å². The zero-order valence-corrected chi connectivity index (χ0v) is 13.6. The number of benzene rings is 2. The van der Waals surface area contributed by atoms with Gasteiger partial charge in [-0.1, -0.05) is 43.0 Å². The van der Waals surface area contributed by atoms with Crippen LogP contribution in [0.4, 0.5) is 0 Å². The van der Waals surface area contributed by atoms with E-state index >= 15 is 0 Å². The second-order valence-corrected chi connectivity index (χ2v) is 6.33. The van der Waals surface area contributed by atoms with Crippen molar-refractivity contribution in [2.75, 3.05) is 6.54 Å². The van der Waals surface area contributed by atoms with E-state index in [2.05, 4.69) is 69.4 Å². The molecule has 106 valence electrons. The average Bonchev–Trinajstić information content (AvgIpc) is 2.43. The lowest BCUT2D eigenvalue weighted by Gasteiger charge is -2.11. The standard InChI is InChI=1S/C18H23NS/c1-5-19-12-16-8-9-17(15(4)11-16)20-18-10-13(2)6-7-14(18)3/h6-11,19H,5,12H2,1-4H3. The highest BCUT2D eigenvalue weighted by Crippen LogP contribution is 2.33. The Morgan fingerprint density at radius 1 is 0.900 bits per heavy atom. The molecule has 0 unspecified atom stereocenters. The first-order valence-corrected chi connectivity index (χ1v) is 7.97. The van der Waals surface area contributed by atoms with Crippen molar-refractivity contribution in [3.05, 3.63) is 58.7 Å². The minimum atomic E-state index is 0.950. The summed E-state index contributed by atoms with van der Waals surface area (Å²) in [4.78, 5) is 2.70. The predicted molar refractivity (Wildman–Crippen MR) is 88.6 cm³/mol. The fourth-order valence-corrected chi connectivity index (χ4v) is 3.21. The van der Waals surface area contributed by atoms with E-state index in [4.69, 9.17) is 0 Å². The highest BCUT2D eigenvalue weighted by molar-refractivity contribution is 7.99. The second-order valence-electron chi connectivity index (χ2n) is 5.25. The van der Waals surface area contributed by atoms with E-state index in [1.165, 1.54) is 32.0 Å². The van der Waals surface area contributed by atoms with Crippen molar-refractivity contribution in [3.8, 4) is 0 Å². The summed E-state index contributed by atoms with van der Waals surface area (Å²) in [6, 6.07) is 13.4. The first kappa shape index (κ1) is 15.1. The molecule has 0 amide bonds. The molecule has 2 heteroatoms. The molecule has 0 atom stereocenters. The van der Waals surface area contributed by atoms with Gasteiger partial charge in [0.25, 0.3) is 0 Å². The van der Waals surface area contributed by atoms with Gasteiger partial charge < -0.3 is 5.32 Å². The molecule has 2 aromatic rings. The van der Waals surface area contributed by atoms with Crippen LogP contribution in [0.1, 0.15) is 29.2 Å². The lowest BCUT2D eigenvalue weighted by Crippen LogP contribution is -2.11. The molecular weight excluding hydrogens is 262 g/mol. The summed E-state index contributed by atoms with van der Waals surface area (Å²) in [7, 11) is 0. The Morgan fingerprint density at radius 2 is 1.70 bits per heavy atom. The lowest BCUT2D eigenvalue weighted by molar-refractivity contribution is 0.726. The molecule has 20 heavy (non-hydrogen) atoms. The fraction of sp³-hybridized carbons (Fsp3) is 0.333. The Labute approximate surface area is 126 Å². The van der Waals surface area contributed by atoms with Crippen LogP contribution in [-0.4, -0.2) is 6.54 Å². The molecule has 0 saturated carbocycles. The Hall–Kier alpha value is -1.25. The summed E-state index contributed by atoms with van der Waals surface area (Å²) in [6.45, 7) is 10.6. The van der Waals surface area contributed by atoms with Crippen molar-refractivity contribution in [2.45, 2.75) is 44.0 Å². The van der Waals surface area contributed by atoms with Gasteiger partial charge in [0.15, 0.2) is 0 Å². The van der Waals surface area contributed by atoms with Gasteiger partial charge in [0.2, 0.25) is 0 Å². The summed E-state index contributed by atoms with van der Waals surface area (Å²) in [6.07, 6.45) is 0. The molecule has 0 aliphatic carbocycles. The lowest BCUT2D eigenvalue weighted by atomic mass is 10.1. The molecule has 0 bridgehead atoms. The minimum Gasteiger partial charge on any atom is -0.313 e. The SMILES string of the molecule is CCNCc1ccc(Sc2cc(C)ccc2C)c(C)c1. The largest absolute Gasteiger partial charge is 0.313 e. The number of hydrogen-bond acceptors (Lipinski definition) is 2. The Morgan fingerprint density at radius 3 is 2.40 bits per heavy atom. The van der Waals surface area contributed by atoms with Crippen LogP contribution in [0.25, 0.3) is 0 Å². The Bertz CT molecular complexity index is 590. The third-order valence-electron chi connectivity index (χ3n) is 3.38. The van der Waals surface area contributed by atoms with Crippen LogP contribution in [0.5, 0.6) is 0 Å². The zero-order valence-electron chi connectivity index (χ0n) is 12.8. The summed E-state index contributed by atoms with van der Waals surface area (Å²) in [5, 5.41) is 3.37. The third kappa shape index (κ3) is 3.87. The molecule has 2 rings (SSSR count). The van der Waals surface area contributed by atoms with Gasteiger partial charge in [-0.15, -0.1) is 0 Å². The van der Waals surface area contributed by atoms with Gasteiger partial charge in [0.05, 0.1) is 0 Å². The van der Waals surface area contributed by atoms with Gasteiger partial charge in [-0.3, -0.25) is 0 Å². The van der Waals surface area contributed by atoms with Crippen LogP contribution in [-0.2, 0) is 6.54 Å². The fourth-order valence-electron chi connectivity index (χ4n) is 2.14. The maximum atomic E-state index is 3.37. The normalized spacial score (nSPS) is 10.8. The van der Waals surface area contributed by atoms with Crippen molar-refractivity contribution in [2.24, 2.45) is 0 Å². The van der Waals surface area contributed by atoms with Gasteiger partial charge in [-0.2, -0.15) is 0 Å². The highest BCUT2D eigenvalue weighted by atomic mass is 32.2. The summed E-state index contributed by atoms with van der Waals surface area (Å²) >= 11 is 1.87. The summed E-state index contributed by atoms with van der Waals surface area (Å²) in [5.74, 6) is 0. The molecule has 0 spiro atoms. The molecule has 0 aliphatic heterocycles. The van der Waals surface area contributed by atoms with Crippen molar-refractivity contribution in [1.29, 1.82) is 0 Å². The average molecular weight is 285 g/mol. The first-order chi connectivity index (χ1) is 9.60. The first-order valence-electron chi connectivity index (χ1n) is 7.15. The maximum absolute atomic E-state index is 3.37. The smallest absolute Gasteiger partial charge is 0.0205 e. The van der Waals surface area contributed by atoms with Crippen LogP contribution < -0.4 is 5.32 Å². The van der Waals surface area contributed by atoms with Crippen molar-refractivity contribution in [3.63, 3.8) is 0 Å². The minimum absolute atomic E-state index is 0.950. The number of hydrogen-bond donors (Lipinski definition) is 1. The number of rotatable bonds is 5. The van der Waals surface area contributed by atoms with Gasteiger partial charge >= 0.3 is 0 Å². The van der Waals surface area contributed by atoms with E-state index in [0.717, 1.165) is 13.1 Å². The van der Waals surface area contributed by atoms with E-state index < -0.39 is 0 Å². The molecule has 2 aromatic carbocycles. The summed E-state index contributed by atoms with van der Waals surface area (Å²) in [5.41, 5.74) is 5.37. The van der Waals surface area contributed by atoms with Gasteiger partial charge in [0.1, 0.15) is 0 Å². The molecule has 0 heterocycles. The van der Waals surface area contributed by atoms with Crippen LogP contribution >= 0.6 is 11.8 Å². The van der Waals surface area contributed by atoms with Crippen LogP contribution in [0.2, 0.25) is 0 Å². The van der Waals surface area contributed by atoms with E-state index in [1.807, 2.05) is 11.8 Å². The molecule has 1 N–H and O–H groups in total. The quantitative estimate of drug-likeness (QED) is 0.841. The molecule has 0 fully saturated rings. The third-order valence-corrected chi connectivity index (χ3v) is 4.72.